The molecule has 0 atom stereocenters. The fraction of sp³-hybridized carbons (Fsp3) is 0.105. The lowest BCUT2D eigenvalue weighted by atomic mass is 10.1. The van der Waals surface area contributed by atoms with Crippen molar-refractivity contribution in [2.75, 3.05) is 6.61 Å². The lowest BCUT2D eigenvalue weighted by Crippen LogP contribution is -2.12. The highest BCUT2D eigenvalue weighted by atomic mass is 32.2. The molecule has 0 saturated heterocycles. The zero-order valence-electron chi connectivity index (χ0n) is 13.6. The third kappa shape index (κ3) is 2.46. The van der Waals surface area contributed by atoms with E-state index in [9.17, 15) is 8.42 Å². The van der Waals surface area contributed by atoms with Gasteiger partial charge in [0.25, 0.3) is 10.0 Å². The van der Waals surface area contributed by atoms with Crippen molar-refractivity contribution in [3.8, 4) is 5.75 Å². The van der Waals surface area contributed by atoms with Gasteiger partial charge in [0.1, 0.15) is 12.1 Å². The van der Waals surface area contributed by atoms with Crippen LogP contribution in [0.3, 0.4) is 0 Å². The fourth-order valence-electron chi connectivity index (χ4n) is 2.98. The molecular formula is C19H16N2O3S. The van der Waals surface area contributed by atoms with Crippen LogP contribution in [0.15, 0.2) is 71.9 Å². The van der Waals surface area contributed by atoms with Crippen molar-refractivity contribution < 1.29 is 13.2 Å². The minimum Gasteiger partial charge on any atom is -0.493 e. The van der Waals surface area contributed by atoms with Crippen molar-refractivity contribution in [2.24, 2.45) is 0 Å². The standard InChI is InChI=1S/C19H16N2O3S/c1-2-24-18-11-12-19(15-8-4-3-7-14(15)18)25(22,23)21-13-20-16-9-5-6-10-17(16)21/h3-13H,2H2,1H3. The number of fused-ring (bicyclic) bond motifs is 2. The summed E-state index contributed by atoms with van der Waals surface area (Å²) >= 11 is 0. The molecule has 1 aromatic heterocycles. The summed E-state index contributed by atoms with van der Waals surface area (Å²) in [5.41, 5.74) is 1.20. The van der Waals surface area contributed by atoms with E-state index < -0.39 is 10.0 Å². The molecular weight excluding hydrogens is 336 g/mol. The number of rotatable bonds is 4. The normalized spacial score (nSPS) is 11.9. The van der Waals surface area contributed by atoms with Gasteiger partial charge in [0.05, 0.1) is 22.5 Å². The summed E-state index contributed by atoms with van der Waals surface area (Å²) in [6, 6.07) is 17.8. The number of para-hydroxylation sites is 2. The average Bonchev–Trinajstić information content (AvgIpc) is 3.07. The predicted octanol–water partition coefficient (Wildman–Crippen LogP) is 3.83. The summed E-state index contributed by atoms with van der Waals surface area (Å²) in [5.74, 6) is 0.674. The van der Waals surface area contributed by atoms with Gasteiger partial charge in [-0.3, -0.25) is 0 Å². The highest BCUT2D eigenvalue weighted by molar-refractivity contribution is 7.90. The van der Waals surface area contributed by atoms with Crippen LogP contribution in [-0.4, -0.2) is 24.0 Å². The van der Waals surface area contributed by atoms with Gasteiger partial charge < -0.3 is 4.74 Å². The van der Waals surface area contributed by atoms with Crippen LogP contribution in [0.1, 0.15) is 6.92 Å². The molecule has 1 heterocycles. The Kier molecular flexibility index (Phi) is 3.69. The van der Waals surface area contributed by atoms with Gasteiger partial charge in [-0.05, 0) is 31.2 Å². The van der Waals surface area contributed by atoms with E-state index in [1.807, 2.05) is 31.2 Å². The Morgan fingerprint density at radius 2 is 1.68 bits per heavy atom. The number of aromatic nitrogens is 2. The largest absolute Gasteiger partial charge is 0.493 e. The van der Waals surface area contributed by atoms with Crippen LogP contribution in [-0.2, 0) is 10.0 Å². The number of nitrogens with zero attached hydrogens (tertiary/aromatic N) is 2. The molecule has 0 aliphatic carbocycles. The Morgan fingerprint density at radius 3 is 2.48 bits per heavy atom. The second-order valence-corrected chi connectivity index (χ2v) is 7.36. The number of imidazole rings is 1. The Balaban J connectivity index is 1.99. The van der Waals surface area contributed by atoms with E-state index in [2.05, 4.69) is 4.98 Å². The second-order valence-electron chi connectivity index (χ2n) is 5.57. The van der Waals surface area contributed by atoms with Crippen LogP contribution in [0.4, 0.5) is 0 Å². The molecule has 0 spiro atoms. The van der Waals surface area contributed by atoms with Gasteiger partial charge in [-0.2, -0.15) is 0 Å². The Labute approximate surface area is 145 Å². The molecule has 6 heteroatoms. The second kappa shape index (κ2) is 5.89. The molecule has 0 N–H and O–H groups in total. The smallest absolute Gasteiger partial charge is 0.270 e. The molecule has 0 fully saturated rings. The van der Waals surface area contributed by atoms with Crippen LogP contribution in [0.2, 0.25) is 0 Å². The first-order chi connectivity index (χ1) is 12.1. The highest BCUT2D eigenvalue weighted by Crippen LogP contribution is 2.32. The number of ether oxygens (including phenoxy) is 1. The van der Waals surface area contributed by atoms with E-state index in [1.54, 1.807) is 36.4 Å². The van der Waals surface area contributed by atoms with E-state index in [-0.39, 0.29) is 4.90 Å². The van der Waals surface area contributed by atoms with Gasteiger partial charge in [0.15, 0.2) is 0 Å². The molecule has 0 radical (unpaired) electrons. The Morgan fingerprint density at radius 1 is 0.960 bits per heavy atom. The van der Waals surface area contributed by atoms with E-state index in [0.717, 1.165) is 5.39 Å². The lowest BCUT2D eigenvalue weighted by Gasteiger charge is -2.13. The first-order valence-corrected chi connectivity index (χ1v) is 9.39. The quantitative estimate of drug-likeness (QED) is 0.560. The molecule has 0 unspecified atom stereocenters. The molecule has 3 aromatic carbocycles. The van der Waals surface area contributed by atoms with E-state index in [4.69, 9.17) is 4.74 Å². The van der Waals surface area contributed by atoms with E-state index in [0.29, 0.717) is 28.8 Å². The van der Waals surface area contributed by atoms with Gasteiger partial charge in [0.2, 0.25) is 0 Å². The van der Waals surface area contributed by atoms with Crippen LogP contribution in [0, 0.1) is 0 Å². The topological polar surface area (TPSA) is 61.2 Å². The average molecular weight is 352 g/mol. The summed E-state index contributed by atoms with van der Waals surface area (Å²) in [6.07, 6.45) is 1.35. The summed E-state index contributed by atoms with van der Waals surface area (Å²) < 4.78 is 33.4. The van der Waals surface area contributed by atoms with Gasteiger partial charge >= 0.3 is 0 Å². The van der Waals surface area contributed by atoms with Gasteiger partial charge in [-0.1, -0.05) is 36.4 Å². The number of hydrogen-bond acceptors (Lipinski definition) is 4. The molecule has 25 heavy (non-hydrogen) atoms. The van der Waals surface area contributed by atoms with Gasteiger partial charge in [-0.15, -0.1) is 0 Å². The van der Waals surface area contributed by atoms with Crippen LogP contribution in [0.5, 0.6) is 5.75 Å². The number of hydrogen-bond donors (Lipinski definition) is 0. The summed E-state index contributed by atoms with van der Waals surface area (Å²) in [4.78, 5) is 4.43. The van der Waals surface area contributed by atoms with E-state index >= 15 is 0 Å². The molecule has 0 bridgehead atoms. The molecule has 4 aromatic rings. The first kappa shape index (κ1) is 15.7. The highest BCUT2D eigenvalue weighted by Gasteiger charge is 2.23. The maximum Gasteiger partial charge on any atom is 0.270 e. The maximum atomic E-state index is 13.3. The maximum absolute atomic E-state index is 13.3. The van der Waals surface area contributed by atoms with Crippen molar-refractivity contribution in [3.05, 3.63) is 67.0 Å². The van der Waals surface area contributed by atoms with Crippen LogP contribution >= 0.6 is 0 Å². The lowest BCUT2D eigenvalue weighted by molar-refractivity contribution is 0.344. The van der Waals surface area contributed by atoms with Crippen molar-refractivity contribution in [2.45, 2.75) is 11.8 Å². The Hall–Kier alpha value is -2.86. The van der Waals surface area contributed by atoms with Gasteiger partial charge in [0, 0.05) is 10.8 Å². The molecule has 0 aliphatic rings. The monoisotopic (exact) mass is 352 g/mol. The predicted molar refractivity (Wildman–Crippen MR) is 97.4 cm³/mol. The zero-order valence-corrected chi connectivity index (χ0v) is 14.4. The SMILES string of the molecule is CCOc1ccc(S(=O)(=O)n2cnc3ccccc32)c2ccccc12. The third-order valence-corrected chi connectivity index (χ3v) is 5.82. The summed E-state index contributed by atoms with van der Waals surface area (Å²) in [6.45, 7) is 2.42. The summed E-state index contributed by atoms with van der Waals surface area (Å²) in [5, 5.41) is 1.40. The number of benzene rings is 3. The minimum absolute atomic E-state index is 0.231. The molecule has 0 saturated carbocycles. The van der Waals surface area contributed by atoms with Crippen LogP contribution < -0.4 is 4.74 Å². The van der Waals surface area contributed by atoms with Crippen molar-refractivity contribution in [1.82, 2.24) is 8.96 Å². The van der Waals surface area contributed by atoms with Crippen molar-refractivity contribution in [3.63, 3.8) is 0 Å². The summed E-state index contributed by atoms with van der Waals surface area (Å²) in [7, 11) is -3.78. The molecule has 126 valence electrons. The van der Waals surface area contributed by atoms with Crippen molar-refractivity contribution >= 4 is 31.8 Å². The van der Waals surface area contributed by atoms with Crippen LogP contribution in [0.25, 0.3) is 21.8 Å². The molecule has 0 amide bonds. The van der Waals surface area contributed by atoms with Crippen molar-refractivity contribution in [1.29, 1.82) is 0 Å². The zero-order chi connectivity index (χ0) is 17.4. The Bertz CT molecular complexity index is 1180. The molecule has 0 aliphatic heterocycles. The van der Waals surface area contributed by atoms with Gasteiger partial charge in [-0.25, -0.2) is 17.4 Å². The van der Waals surface area contributed by atoms with E-state index in [1.165, 1.54) is 10.3 Å². The first-order valence-electron chi connectivity index (χ1n) is 7.95. The third-order valence-electron chi connectivity index (χ3n) is 4.10. The molecule has 4 rings (SSSR count). The fourth-order valence-corrected chi connectivity index (χ4v) is 4.48. The molecule has 5 nitrogen and oxygen atoms in total. The minimum atomic E-state index is -3.78.